The van der Waals surface area contributed by atoms with E-state index in [4.69, 9.17) is 21.1 Å². The SMILES string of the molecule is CNC(Cc1cccc(F)c1Cl)C1(OC)CCOCC1. The first-order valence-corrected chi connectivity index (χ1v) is 7.24. The summed E-state index contributed by atoms with van der Waals surface area (Å²) in [5, 5.41) is 3.50. The van der Waals surface area contributed by atoms with Crippen molar-refractivity contribution in [1.29, 1.82) is 0 Å². The van der Waals surface area contributed by atoms with Crippen LogP contribution >= 0.6 is 11.6 Å². The van der Waals surface area contributed by atoms with Crippen LogP contribution in [0.3, 0.4) is 0 Å². The highest BCUT2D eigenvalue weighted by molar-refractivity contribution is 6.31. The van der Waals surface area contributed by atoms with E-state index in [1.54, 1.807) is 13.2 Å². The van der Waals surface area contributed by atoms with E-state index in [0.717, 1.165) is 18.4 Å². The fraction of sp³-hybridized carbons (Fsp3) is 0.600. The van der Waals surface area contributed by atoms with Crippen LogP contribution in [0.5, 0.6) is 0 Å². The first-order chi connectivity index (χ1) is 9.63. The molecule has 1 aromatic carbocycles. The van der Waals surface area contributed by atoms with E-state index in [1.165, 1.54) is 6.07 Å². The zero-order chi connectivity index (χ0) is 14.6. The monoisotopic (exact) mass is 301 g/mol. The van der Waals surface area contributed by atoms with Crippen LogP contribution in [0.25, 0.3) is 0 Å². The zero-order valence-electron chi connectivity index (χ0n) is 11.9. The lowest BCUT2D eigenvalue weighted by atomic mass is 9.82. The van der Waals surface area contributed by atoms with E-state index in [1.807, 2.05) is 13.1 Å². The topological polar surface area (TPSA) is 30.5 Å². The van der Waals surface area contributed by atoms with Crippen LogP contribution in [-0.4, -0.2) is 39.0 Å². The van der Waals surface area contributed by atoms with E-state index in [2.05, 4.69) is 5.32 Å². The van der Waals surface area contributed by atoms with E-state index in [0.29, 0.717) is 19.6 Å². The van der Waals surface area contributed by atoms with Crippen LogP contribution in [0.2, 0.25) is 5.02 Å². The lowest BCUT2D eigenvalue weighted by Crippen LogP contribution is -2.55. The number of methoxy groups -OCH3 is 1. The normalized spacial score (nSPS) is 19.8. The Kier molecular flexibility index (Phi) is 5.38. The average Bonchev–Trinajstić information content (AvgIpc) is 2.49. The van der Waals surface area contributed by atoms with Gasteiger partial charge in [-0.1, -0.05) is 23.7 Å². The second-order valence-corrected chi connectivity index (χ2v) is 5.52. The van der Waals surface area contributed by atoms with Gasteiger partial charge in [-0.15, -0.1) is 0 Å². The molecule has 1 saturated heterocycles. The van der Waals surface area contributed by atoms with Gasteiger partial charge in [-0.25, -0.2) is 4.39 Å². The Morgan fingerprint density at radius 1 is 1.45 bits per heavy atom. The zero-order valence-corrected chi connectivity index (χ0v) is 12.7. The predicted molar refractivity (Wildman–Crippen MR) is 77.8 cm³/mol. The van der Waals surface area contributed by atoms with E-state index in [9.17, 15) is 4.39 Å². The molecule has 0 amide bonds. The maximum absolute atomic E-state index is 13.5. The molecule has 1 fully saturated rings. The summed E-state index contributed by atoms with van der Waals surface area (Å²) in [6.45, 7) is 1.37. The Bertz CT molecular complexity index is 449. The second-order valence-electron chi connectivity index (χ2n) is 5.14. The number of ether oxygens (including phenoxy) is 2. The minimum atomic E-state index is -0.377. The smallest absolute Gasteiger partial charge is 0.142 e. The highest BCUT2D eigenvalue weighted by atomic mass is 35.5. The van der Waals surface area contributed by atoms with Crippen LogP contribution in [0.15, 0.2) is 18.2 Å². The largest absolute Gasteiger partial charge is 0.381 e. The maximum atomic E-state index is 13.5. The second kappa shape index (κ2) is 6.85. The van der Waals surface area contributed by atoms with Crippen molar-refractivity contribution in [2.24, 2.45) is 0 Å². The number of likely N-dealkylation sites (N-methyl/N-ethyl adjacent to an activating group) is 1. The quantitative estimate of drug-likeness (QED) is 0.907. The molecule has 1 aliphatic heterocycles. The molecule has 1 atom stereocenters. The number of hydrogen-bond donors (Lipinski definition) is 1. The van der Waals surface area contributed by atoms with Gasteiger partial charge >= 0.3 is 0 Å². The van der Waals surface area contributed by atoms with Crippen molar-refractivity contribution in [1.82, 2.24) is 5.32 Å². The standard InChI is InChI=1S/C15H21ClFNO2/c1-18-13(15(19-2)6-8-20-9-7-15)10-11-4-3-5-12(17)14(11)16/h3-5,13,18H,6-10H2,1-2H3. The summed E-state index contributed by atoms with van der Waals surface area (Å²) in [4.78, 5) is 0. The number of rotatable bonds is 5. The van der Waals surface area contributed by atoms with Gasteiger partial charge in [0.25, 0.3) is 0 Å². The molecule has 2 rings (SSSR count). The molecule has 5 heteroatoms. The number of halogens is 2. The Morgan fingerprint density at radius 2 is 2.15 bits per heavy atom. The third-order valence-corrected chi connectivity index (χ3v) is 4.61. The summed E-state index contributed by atoms with van der Waals surface area (Å²) in [6, 6.07) is 4.99. The van der Waals surface area contributed by atoms with Gasteiger partial charge in [0.05, 0.1) is 10.6 Å². The van der Waals surface area contributed by atoms with Gasteiger partial charge in [-0.3, -0.25) is 0 Å². The minimum Gasteiger partial charge on any atom is -0.381 e. The van der Waals surface area contributed by atoms with Crippen molar-refractivity contribution >= 4 is 11.6 Å². The molecule has 0 bridgehead atoms. The van der Waals surface area contributed by atoms with Crippen molar-refractivity contribution in [3.8, 4) is 0 Å². The molecular formula is C15H21ClFNO2. The number of nitrogens with one attached hydrogen (secondary N) is 1. The van der Waals surface area contributed by atoms with Crippen LogP contribution < -0.4 is 5.32 Å². The minimum absolute atomic E-state index is 0.0655. The first-order valence-electron chi connectivity index (χ1n) is 6.86. The Labute approximate surface area is 124 Å². The molecule has 1 aromatic rings. The molecule has 1 N–H and O–H groups in total. The molecule has 3 nitrogen and oxygen atoms in total. The lowest BCUT2D eigenvalue weighted by Gasteiger charge is -2.42. The third kappa shape index (κ3) is 3.14. The summed E-state index contributed by atoms with van der Waals surface area (Å²) in [5.74, 6) is -0.377. The van der Waals surface area contributed by atoms with E-state index in [-0.39, 0.29) is 22.5 Å². The highest BCUT2D eigenvalue weighted by Gasteiger charge is 2.40. The number of hydrogen-bond acceptors (Lipinski definition) is 3. The van der Waals surface area contributed by atoms with Crippen molar-refractivity contribution in [3.63, 3.8) is 0 Å². The predicted octanol–water partition coefficient (Wildman–Crippen LogP) is 2.81. The third-order valence-electron chi connectivity index (χ3n) is 4.18. The molecule has 1 aliphatic rings. The van der Waals surface area contributed by atoms with Gasteiger partial charge in [0.2, 0.25) is 0 Å². The number of benzene rings is 1. The fourth-order valence-electron chi connectivity index (χ4n) is 2.89. The van der Waals surface area contributed by atoms with E-state index >= 15 is 0 Å². The van der Waals surface area contributed by atoms with Crippen molar-refractivity contribution in [2.75, 3.05) is 27.4 Å². The Hall–Kier alpha value is -0.680. The lowest BCUT2D eigenvalue weighted by molar-refractivity contribution is -0.109. The van der Waals surface area contributed by atoms with Crippen molar-refractivity contribution in [3.05, 3.63) is 34.6 Å². The molecule has 0 aromatic heterocycles. The van der Waals surface area contributed by atoms with Crippen LogP contribution in [0, 0.1) is 5.82 Å². The summed E-state index contributed by atoms with van der Waals surface area (Å²) in [6.07, 6.45) is 2.27. The maximum Gasteiger partial charge on any atom is 0.142 e. The van der Waals surface area contributed by atoms with Crippen LogP contribution in [-0.2, 0) is 15.9 Å². The molecule has 0 spiro atoms. The summed E-state index contributed by atoms with van der Waals surface area (Å²) >= 11 is 6.05. The molecule has 0 radical (unpaired) electrons. The van der Waals surface area contributed by atoms with Crippen LogP contribution in [0.4, 0.5) is 4.39 Å². The summed E-state index contributed by atoms with van der Waals surface area (Å²) in [7, 11) is 3.62. The molecule has 112 valence electrons. The molecule has 0 saturated carbocycles. The molecule has 1 heterocycles. The molecule has 1 unspecified atom stereocenters. The Balaban J connectivity index is 2.21. The summed E-state index contributed by atoms with van der Waals surface area (Å²) < 4.78 is 24.8. The average molecular weight is 302 g/mol. The molecular weight excluding hydrogens is 281 g/mol. The van der Waals surface area contributed by atoms with Crippen molar-refractivity contribution in [2.45, 2.75) is 30.9 Å². The van der Waals surface area contributed by atoms with Crippen molar-refractivity contribution < 1.29 is 13.9 Å². The van der Waals surface area contributed by atoms with Gasteiger partial charge in [-0.05, 0) is 25.1 Å². The first kappa shape index (κ1) is 15.7. The van der Waals surface area contributed by atoms with Gasteiger partial charge < -0.3 is 14.8 Å². The summed E-state index contributed by atoms with van der Waals surface area (Å²) in [5.41, 5.74) is 0.511. The van der Waals surface area contributed by atoms with Gasteiger partial charge in [0, 0.05) is 39.2 Å². The molecule has 20 heavy (non-hydrogen) atoms. The Morgan fingerprint density at radius 3 is 2.75 bits per heavy atom. The van der Waals surface area contributed by atoms with Crippen LogP contribution in [0.1, 0.15) is 18.4 Å². The molecule has 0 aliphatic carbocycles. The fourth-order valence-corrected chi connectivity index (χ4v) is 3.09. The van der Waals surface area contributed by atoms with E-state index < -0.39 is 0 Å². The van der Waals surface area contributed by atoms with Gasteiger partial charge in [0.15, 0.2) is 0 Å². The van der Waals surface area contributed by atoms with Gasteiger partial charge in [0.1, 0.15) is 5.82 Å². The van der Waals surface area contributed by atoms with Gasteiger partial charge in [-0.2, -0.15) is 0 Å². The highest BCUT2D eigenvalue weighted by Crippen LogP contribution is 2.31.